The number of esters is 1. The van der Waals surface area contributed by atoms with Crippen molar-refractivity contribution in [1.29, 1.82) is 0 Å². The van der Waals surface area contributed by atoms with Gasteiger partial charge in [-0.1, -0.05) is 12.1 Å². The van der Waals surface area contributed by atoms with Gasteiger partial charge in [-0.05, 0) is 30.7 Å². The van der Waals surface area contributed by atoms with Crippen LogP contribution in [0.2, 0.25) is 0 Å². The second kappa shape index (κ2) is 8.05. The number of nitrogens with two attached hydrogens (primary N) is 1. The van der Waals surface area contributed by atoms with Gasteiger partial charge in [-0.3, -0.25) is 4.79 Å². The molecule has 19 heavy (non-hydrogen) atoms. The van der Waals surface area contributed by atoms with E-state index >= 15 is 0 Å². The van der Waals surface area contributed by atoms with Crippen molar-refractivity contribution < 1.29 is 14.3 Å². The Morgan fingerprint density at radius 3 is 2.58 bits per heavy atom. The molecule has 0 aliphatic heterocycles. The van der Waals surface area contributed by atoms with Crippen LogP contribution < -0.4 is 11.1 Å². The third-order valence-corrected chi connectivity index (χ3v) is 2.26. The van der Waals surface area contributed by atoms with E-state index in [1.165, 1.54) is 6.08 Å². The molecular weight excluding hydrogens is 244 g/mol. The summed E-state index contributed by atoms with van der Waals surface area (Å²) in [7, 11) is 0. The summed E-state index contributed by atoms with van der Waals surface area (Å²) in [6, 6.07) is 7.13. The molecule has 3 N–H and O–H groups in total. The Morgan fingerprint density at radius 2 is 2.00 bits per heavy atom. The molecular formula is C14H18N2O3. The Bertz CT molecular complexity index is 452. The topological polar surface area (TPSA) is 81.4 Å². The van der Waals surface area contributed by atoms with E-state index in [0.29, 0.717) is 25.3 Å². The molecule has 0 atom stereocenters. The number of amides is 1. The Balaban J connectivity index is 2.56. The van der Waals surface area contributed by atoms with Crippen molar-refractivity contribution in [3.05, 3.63) is 35.9 Å². The zero-order valence-corrected chi connectivity index (χ0v) is 10.9. The molecule has 0 saturated carbocycles. The summed E-state index contributed by atoms with van der Waals surface area (Å²) in [6.07, 6.45) is 3.32. The monoisotopic (exact) mass is 262 g/mol. The molecule has 0 aliphatic carbocycles. The van der Waals surface area contributed by atoms with Crippen LogP contribution in [-0.4, -0.2) is 25.0 Å². The normalized spacial score (nSPS) is 10.4. The van der Waals surface area contributed by atoms with Crippen LogP contribution in [0.1, 0.15) is 18.9 Å². The van der Waals surface area contributed by atoms with Crippen molar-refractivity contribution in [1.82, 2.24) is 0 Å². The Kier molecular flexibility index (Phi) is 6.32. The summed E-state index contributed by atoms with van der Waals surface area (Å²) < 4.78 is 4.77. The number of benzene rings is 1. The third kappa shape index (κ3) is 5.83. The lowest BCUT2D eigenvalue weighted by Crippen LogP contribution is -2.15. The zero-order valence-electron chi connectivity index (χ0n) is 10.9. The van der Waals surface area contributed by atoms with Crippen molar-refractivity contribution in [2.24, 2.45) is 5.73 Å². The second-order valence-electron chi connectivity index (χ2n) is 3.79. The largest absolute Gasteiger partial charge is 0.463 e. The van der Waals surface area contributed by atoms with E-state index in [1.807, 2.05) is 0 Å². The molecule has 0 aliphatic rings. The summed E-state index contributed by atoms with van der Waals surface area (Å²) in [5.74, 6) is -0.486. The van der Waals surface area contributed by atoms with Crippen LogP contribution in [0.25, 0.3) is 6.08 Å². The highest BCUT2D eigenvalue weighted by Gasteiger charge is 2.00. The highest BCUT2D eigenvalue weighted by atomic mass is 16.5. The molecule has 0 spiro atoms. The highest BCUT2D eigenvalue weighted by Crippen LogP contribution is 2.11. The fraction of sp³-hybridized carbons (Fsp3) is 0.286. The third-order valence-electron chi connectivity index (χ3n) is 2.26. The molecule has 0 radical (unpaired) electrons. The van der Waals surface area contributed by atoms with Crippen molar-refractivity contribution in [3.63, 3.8) is 0 Å². The molecule has 0 unspecified atom stereocenters. The Labute approximate surface area is 112 Å². The number of anilines is 1. The zero-order chi connectivity index (χ0) is 14.1. The smallest absolute Gasteiger partial charge is 0.330 e. The van der Waals surface area contributed by atoms with E-state index in [2.05, 4.69) is 5.32 Å². The average Bonchev–Trinajstić information content (AvgIpc) is 2.38. The Morgan fingerprint density at radius 1 is 1.32 bits per heavy atom. The van der Waals surface area contributed by atoms with Crippen molar-refractivity contribution in [2.75, 3.05) is 18.5 Å². The molecule has 1 amide bonds. The van der Waals surface area contributed by atoms with E-state index < -0.39 is 0 Å². The fourth-order valence-corrected chi connectivity index (χ4v) is 1.39. The van der Waals surface area contributed by atoms with Gasteiger partial charge in [-0.2, -0.15) is 0 Å². The first-order chi connectivity index (χ1) is 9.15. The van der Waals surface area contributed by atoms with Gasteiger partial charge >= 0.3 is 5.97 Å². The summed E-state index contributed by atoms with van der Waals surface area (Å²) in [4.78, 5) is 22.4. The summed E-state index contributed by atoms with van der Waals surface area (Å²) in [5, 5.41) is 2.72. The fourth-order valence-electron chi connectivity index (χ4n) is 1.39. The first kappa shape index (κ1) is 14.9. The van der Waals surface area contributed by atoms with Crippen LogP contribution >= 0.6 is 0 Å². The van der Waals surface area contributed by atoms with Crippen LogP contribution in [0.4, 0.5) is 5.69 Å². The SMILES string of the molecule is CCOC(=O)C=Cc1ccc(NC(=O)CCN)cc1. The number of ether oxygens (including phenoxy) is 1. The number of carbonyl (C=O) groups is 2. The minimum Gasteiger partial charge on any atom is -0.463 e. The number of rotatable bonds is 6. The summed E-state index contributed by atoms with van der Waals surface area (Å²) in [5.41, 5.74) is 6.84. The van der Waals surface area contributed by atoms with Crippen LogP contribution in [0.5, 0.6) is 0 Å². The van der Waals surface area contributed by atoms with Crippen LogP contribution in [0, 0.1) is 0 Å². The molecule has 1 rings (SSSR count). The minimum atomic E-state index is -0.372. The molecule has 1 aromatic rings. The molecule has 0 aromatic heterocycles. The number of nitrogens with one attached hydrogen (secondary N) is 1. The quantitative estimate of drug-likeness (QED) is 0.602. The van der Waals surface area contributed by atoms with Crippen LogP contribution in [-0.2, 0) is 14.3 Å². The molecule has 102 valence electrons. The number of hydrogen-bond acceptors (Lipinski definition) is 4. The predicted molar refractivity (Wildman–Crippen MR) is 74.4 cm³/mol. The number of carbonyl (C=O) groups excluding carboxylic acids is 2. The lowest BCUT2D eigenvalue weighted by atomic mass is 10.2. The Hall–Kier alpha value is -2.14. The van der Waals surface area contributed by atoms with E-state index in [0.717, 1.165) is 5.56 Å². The maximum absolute atomic E-state index is 11.3. The highest BCUT2D eigenvalue weighted by molar-refractivity contribution is 5.91. The van der Waals surface area contributed by atoms with E-state index in [-0.39, 0.29) is 11.9 Å². The maximum Gasteiger partial charge on any atom is 0.330 e. The van der Waals surface area contributed by atoms with Gasteiger partial charge in [-0.25, -0.2) is 4.79 Å². The molecule has 0 fully saturated rings. The summed E-state index contributed by atoms with van der Waals surface area (Å²) in [6.45, 7) is 2.44. The molecule has 0 bridgehead atoms. The standard InChI is InChI=1S/C14H18N2O3/c1-2-19-14(18)8-5-11-3-6-12(7-4-11)16-13(17)9-10-15/h3-8H,2,9-10,15H2,1H3,(H,16,17). The molecule has 5 nitrogen and oxygen atoms in total. The van der Waals surface area contributed by atoms with Crippen molar-refractivity contribution in [2.45, 2.75) is 13.3 Å². The van der Waals surface area contributed by atoms with Gasteiger partial charge in [0, 0.05) is 24.7 Å². The lowest BCUT2D eigenvalue weighted by molar-refractivity contribution is -0.137. The second-order valence-corrected chi connectivity index (χ2v) is 3.79. The summed E-state index contributed by atoms with van der Waals surface area (Å²) >= 11 is 0. The molecule has 5 heteroatoms. The first-order valence-electron chi connectivity index (χ1n) is 6.10. The van der Waals surface area contributed by atoms with Gasteiger partial charge < -0.3 is 15.8 Å². The first-order valence-corrected chi connectivity index (χ1v) is 6.10. The van der Waals surface area contributed by atoms with Crippen molar-refractivity contribution >= 4 is 23.6 Å². The van der Waals surface area contributed by atoms with E-state index in [4.69, 9.17) is 10.5 Å². The van der Waals surface area contributed by atoms with E-state index in [9.17, 15) is 9.59 Å². The van der Waals surface area contributed by atoms with Gasteiger partial charge in [-0.15, -0.1) is 0 Å². The van der Waals surface area contributed by atoms with Gasteiger partial charge in [0.1, 0.15) is 0 Å². The van der Waals surface area contributed by atoms with Gasteiger partial charge in [0.25, 0.3) is 0 Å². The van der Waals surface area contributed by atoms with Crippen LogP contribution in [0.3, 0.4) is 0 Å². The molecule has 1 aromatic carbocycles. The van der Waals surface area contributed by atoms with Gasteiger partial charge in [0.2, 0.25) is 5.91 Å². The van der Waals surface area contributed by atoms with E-state index in [1.54, 1.807) is 37.3 Å². The number of hydrogen-bond donors (Lipinski definition) is 2. The average molecular weight is 262 g/mol. The molecule has 0 saturated heterocycles. The minimum absolute atomic E-state index is 0.114. The van der Waals surface area contributed by atoms with Crippen LogP contribution in [0.15, 0.2) is 30.3 Å². The van der Waals surface area contributed by atoms with Crippen molar-refractivity contribution in [3.8, 4) is 0 Å². The molecule has 0 heterocycles. The lowest BCUT2D eigenvalue weighted by Gasteiger charge is -2.04. The maximum atomic E-state index is 11.3. The van der Waals surface area contributed by atoms with Gasteiger partial charge in [0.05, 0.1) is 6.61 Å². The predicted octanol–water partition coefficient (Wildman–Crippen LogP) is 1.55. The van der Waals surface area contributed by atoms with Gasteiger partial charge in [0.15, 0.2) is 0 Å².